The maximum Gasteiger partial charge on any atom is 0.340 e. The fourth-order valence-corrected chi connectivity index (χ4v) is 4.32. The van der Waals surface area contributed by atoms with Gasteiger partial charge in [-0.25, -0.2) is 4.79 Å². The molecule has 0 amide bonds. The first-order valence-corrected chi connectivity index (χ1v) is 11.7. The van der Waals surface area contributed by atoms with Crippen molar-refractivity contribution in [1.29, 1.82) is 0 Å². The van der Waals surface area contributed by atoms with Gasteiger partial charge >= 0.3 is 5.97 Å². The second-order valence-corrected chi connectivity index (χ2v) is 8.45. The number of fused-ring (bicyclic) bond motifs is 1. The molecule has 0 aromatic heterocycles. The summed E-state index contributed by atoms with van der Waals surface area (Å²) in [5.74, 6) is -0.598. The summed E-state index contributed by atoms with van der Waals surface area (Å²) >= 11 is 0. The molecule has 0 N–H and O–H groups in total. The zero-order valence-corrected chi connectivity index (χ0v) is 19.3. The van der Waals surface area contributed by atoms with Gasteiger partial charge in [0.05, 0.1) is 18.8 Å². The third-order valence-corrected chi connectivity index (χ3v) is 6.08. The van der Waals surface area contributed by atoms with Crippen LogP contribution in [0.3, 0.4) is 0 Å². The Kier molecular flexibility index (Phi) is 7.56. The summed E-state index contributed by atoms with van der Waals surface area (Å²) in [4.78, 5) is 15.8. The lowest BCUT2D eigenvalue weighted by atomic mass is 9.95. The van der Waals surface area contributed by atoms with Gasteiger partial charge in [0.25, 0.3) is 0 Å². The lowest BCUT2D eigenvalue weighted by molar-refractivity contribution is -0.340. The molecule has 0 saturated carbocycles. The van der Waals surface area contributed by atoms with Gasteiger partial charge in [-0.3, -0.25) is 0 Å². The molecule has 2 aliphatic heterocycles. The number of carbonyl (C=O) groups is 1. The second kappa shape index (κ2) is 11.3. The molecule has 2 heterocycles. The van der Waals surface area contributed by atoms with Crippen LogP contribution >= 0.6 is 0 Å². The van der Waals surface area contributed by atoms with Crippen LogP contribution in [0.15, 0.2) is 96.1 Å². The van der Waals surface area contributed by atoms with Crippen LogP contribution in [0.2, 0.25) is 0 Å². The van der Waals surface area contributed by atoms with Crippen molar-refractivity contribution in [1.82, 2.24) is 0 Å². The minimum Gasteiger partial charge on any atom is -0.432 e. The molecule has 0 spiro atoms. The van der Waals surface area contributed by atoms with Crippen LogP contribution in [-0.2, 0) is 30.3 Å². The van der Waals surface area contributed by atoms with Crippen molar-refractivity contribution in [3.63, 3.8) is 0 Å². The minimum atomic E-state index is -1.18. The third kappa shape index (κ3) is 5.41. The summed E-state index contributed by atoms with van der Waals surface area (Å²) < 4.78 is 30.3. The van der Waals surface area contributed by atoms with Crippen molar-refractivity contribution in [2.75, 3.05) is 6.61 Å². The van der Waals surface area contributed by atoms with Crippen molar-refractivity contribution in [3.05, 3.63) is 118 Å². The lowest BCUT2D eigenvalue weighted by Crippen LogP contribution is -2.62. The number of hydrogen-bond donors (Lipinski definition) is 0. The van der Waals surface area contributed by atoms with Gasteiger partial charge in [0.2, 0.25) is 6.29 Å². The van der Waals surface area contributed by atoms with E-state index in [9.17, 15) is 10.3 Å². The van der Waals surface area contributed by atoms with E-state index >= 15 is 0 Å². The predicted molar refractivity (Wildman–Crippen MR) is 128 cm³/mol. The summed E-state index contributed by atoms with van der Waals surface area (Å²) in [5, 5.41) is 3.93. The number of hydrogen-bond acceptors (Lipinski definition) is 7. The first kappa shape index (κ1) is 24.0. The molecular weight excluding hydrogens is 462 g/mol. The van der Waals surface area contributed by atoms with E-state index in [0.29, 0.717) is 5.56 Å². The largest absolute Gasteiger partial charge is 0.432 e. The molecule has 9 nitrogen and oxygen atoms in total. The summed E-state index contributed by atoms with van der Waals surface area (Å²) in [6.07, 6.45) is -3.83. The molecule has 2 fully saturated rings. The summed E-state index contributed by atoms with van der Waals surface area (Å²) in [6.45, 7) is 0.420. The highest BCUT2D eigenvalue weighted by molar-refractivity contribution is 5.89. The van der Waals surface area contributed by atoms with Gasteiger partial charge in [-0.2, -0.15) is 0 Å². The highest BCUT2D eigenvalue weighted by Crippen LogP contribution is 2.37. The number of nitrogens with zero attached hydrogens (tertiary/aromatic N) is 3. The van der Waals surface area contributed by atoms with E-state index in [1.54, 1.807) is 30.3 Å². The van der Waals surface area contributed by atoms with Gasteiger partial charge in [-0.15, -0.1) is 0 Å². The smallest absolute Gasteiger partial charge is 0.340 e. The lowest BCUT2D eigenvalue weighted by Gasteiger charge is -2.47. The number of azide groups is 1. The number of esters is 1. The zero-order chi connectivity index (χ0) is 24.7. The Morgan fingerprint density at radius 3 is 2.31 bits per heavy atom. The molecule has 3 aromatic rings. The van der Waals surface area contributed by atoms with Crippen molar-refractivity contribution in [2.24, 2.45) is 5.11 Å². The molecule has 36 heavy (non-hydrogen) atoms. The second-order valence-electron chi connectivity index (χ2n) is 8.45. The summed E-state index contributed by atoms with van der Waals surface area (Å²) in [6, 6.07) is 26.7. The molecule has 2 saturated heterocycles. The SMILES string of the molecule is [N-]=[N+]=N[C@H]1[C@H](OC(=O)c2ccccc2)O[C@@H]2COC(c3ccccc3)O[C@H]2[C@@H]1OCc1ccccc1. The van der Waals surface area contributed by atoms with Crippen LogP contribution in [0.25, 0.3) is 10.4 Å². The van der Waals surface area contributed by atoms with Crippen LogP contribution < -0.4 is 0 Å². The average Bonchev–Trinajstić information content (AvgIpc) is 2.94. The number of ether oxygens (including phenoxy) is 5. The van der Waals surface area contributed by atoms with E-state index in [1.165, 1.54) is 0 Å². The molecule has 184 valence electrons. The summed E-state index contributed by atoms with van der Waals surface area (Å²) in [5.41, 5.74) is 11.5. The quantitative estimate of drug-likeness (QED) is 0.202. The third-order valence-electron chi connectivity index (χ3n) is 6.08. The van der Waals surface area contributed by atoms with E-state index in [1.807, 2.05) is 60.7 Å². The maximum atomic E-state index is 12.8. The Labute approximate surface area is 208 Å². The van der Waals surface area contributed by atoms with Crippen LogP contribution in [0, 0.1) is 0 Å². The average molecular weight is 488 g/mol. The van der Waals surface area contributed by atoms with Gasteiger partial charge in [-0.05, 0) is 23.2 Å². The van der Waals surface area contributed by atoms with E-state index < -0.39 is 42.9 Å². The Balaban J connectivity index is 1.42. The van der Waals surface area contributed by atoms with Gasteiger partial charge in [-0.1, -0.05) is 84.0 Å². The first-order valence-electron chi connectivity index (χ1n) is 11.7. The minimum absolute atomic E-state index is 0.178. The molecule has 0 aliphatic carbocycles. The summed E-state index contributed by atoms with van der Waals surface area (Å²) in [7, 11) is 0. The van der Waals surface area contributed by atoms with Gasteiger partial charge in [0, 0.05) is 10.5 Å². The number of carbonyl (C=O) groups excluding carboxylic acids is 1. The maximum absolute atomic E-state index is 12.8. The van der Waals surface area contributed by atoms with Crippen molar-refractivity contribution in [2.45, 2.75) is 43.5 Å². The van der Waals surface area contributed by atoms with E-state index in [4.69, 9.17) is 23.7 Å². The van der Waals surface area contributed by atoms with Crippen molar-refractivity contribution >= 4 is 5.97 Å². The molecule has 0 bridgehead atoms. The van der Waals surface area contributed by atoms with Crippen LogP contribution in [0.1, 0.15) is 27.8 Å². The Morgan fingerprint density at radius 2 is 1.61 bits per heavy atom. The van der Waals surface area contributed by atoms with Gasteiger partial charge < -0.3 is 23.7 Å². The molecular formula is C27H25N3O6. The topological polar surface area (TPSA) is 112 Å². The number of rotatable bonds is 7. The molecule has 0 radical (unpaired) electrons. The Morgan fingerprint density at radius 1 is 0.944 bits per heavy atom. The van der Waals surface area contributed by atoms with Crippen LogP contribution in [0.5, 0.6) is 0 Å². The first-order chi connectivity index (χ1) is 17.7. The molecule has 9 heteroatoms. The fourth-order valence-electron chi connectivity index (χ4n) is 4.32. The normalized spacial score (nSPS) is 27.3. The van der Waals surface area contributed by atoms with E-state index in [0.717, 1.165) is 11.1 Å². The van der Waals surface area contributed by atoms with Gasteiger partial charge in [0.15, 0.2) is 6.29 Å². The van der Waals surface area contributed by atoms with Gasteiger partial charge in [0.1, 0.15) is 24.4 Å². The highest BCUT2D eigenvalue weighted by atomic mass is 16.8. The van der Waals surface area contributed by atoms with Crippen molar-refractivity contribution < 1.29 is 28.5 Å². The van der Waals surface area contributed by atoms with E-state index in [-0.39, 0.29) is 13.2 Å². The Bertz CT molecular complexity index is 1190. The predicted octanol–water partition coefficient (Wildman–Crippen LogP) is 4.95. The standard InChI is InChI=1S/C27H25N3O6/c28-30-29-22-24(32-16-18-10-4-1-5-11-18)23-21(17-33-26(35-23)20-14-8-3-9-15-20)34-27(22)36-25(31)19-12-6-2-7-13-19/h1-15,21-24,26-27H,16-17H2/t21-,22-,23-,24-,26?,27+/m1/s1. The fraction of sp³-hybridized carbons (Fsp3) is 0.296. The molecule has 2 aliphatic rings. The Hall–Kier alpha value is -3.72. The molecule has 6 atom stereocenters. The van der Waals surface area contributed by atoms with Crippen LogP contribution in [-0.4, -0.2) is 43.2 Å². The number of benzene rings is 3. The zero-order valence-electron chi connectivity index (χ0n) is 19.3. The molecule has 5 rings (SSSR count). The highest BCUT2D eigenvalue weighted by Gasteiger charge is 2.52. The van der Waals surface area contributed by atoms with E-state index in [2.05, 4.69) is 10.0 Å². The van der Waals surface area contributed by atoms with Crippen molar-refractivity contribution in [3.8, 4) is 0 Å². The molecule has 3 aromatic carbocycles. The molecule has 1 unspecified atom stereocenters. The van der Waals surface area contributed by atoms with Crippen LogP contribution in [0.4, 0.5) is 0 Å². The monoisotopic (exact) mass is 487 g/mol.